The summed E-state index contributed by atoms with van der Waals surface area (Å²) in [4.78, 5) is 0. The fourth-order valence-electron chi connectivity index (χ4n) is 41.3. The number of hydrogen-bond donors (Lipinski definition) is 0. The molecular formula is C110H186. The second kappa shape index (κ2) is 26.5. The van der Waals surface area contributed by atoms with Crippen molar-refractivity contribution in [2.45, 2.75) is 504 Å². The van der Waals surface area contributed by atoms with E-state index in [1.54, 1.807) is 199 Å². The van der Waals surface area contributed by atoms with Crippen LogP contribution in [0.1, 0.15) is 504 Å². The quantitative estimate of drug-likeness (QED) is 0.227. The van der Waals surface area contributed by atoms with E-state index in [2.05, 4.69) is 138 Å². The van der Waals surface area contributed by atoms with Crippen molar-refractivity contribution >= 4 is 0 Å². The number of rotatable bonds is 0. The number of fused-ring (bicyclic) bond motifs is 15. The van der Waals surface area contributed by atoms with Gasteiger partial charge in [0.25, 0.3) is 0 Å². The molecule has 0 saturated heterocycles. The Labute approximate surface area is 684 Å². The summed E-state index contributed by atoms with van der Waals surface area (Å²) in [6.45, 7) is 50.8. The third-order valence-corrected chi connectivity index (χ3v) is 51.1. The Balaban J connectivity index is 0.0000000860. The Morgan fingerprint density at radius 1 is 0.164 bits per heavy atom. The minimum atomic E-state index is 0.727. The Kier molecular flexibility index (Phi) is 19.5. The van der Waals surface area contributed by atoms with Gasteiger partial charge in [-0.25, -0.2) is 0 Å². The second-order valence-electron chi connectivity index (χ2n) is 56.2. The molecule has 110 heavy (non-hydrogen) atoms. The summed E-state index contributed by atoms with van der Waals surface area (Å²) in [5.41, 5.74) is 16.0. The Hall–Kier alpha value is 0. The van der Waals surface area contributed by atoms with E-state index in [0.29, 0.717) is 0 Å². The van der Waals surface area contributed by atoms with Crippen molar-refractivity contribution in [1.82, 2.24) is 0 Å². The van der Waals surface area contributed by atoms with Crippen LogP contribution in [-0.4, -0.2) is 0 Å². The maximum atomic E-state index is 2.63. The van der Waals surface area contributed by atoms with Gasteiger partial charge in [0.15, 0.2) is 0 Å². The lowest BCUT2D eigenvalue weighted by Gasteiger charge is -2.65. The zero-order valence-electron chi connectivity index (χ0n) is 77.7. The van der Waals surface area contributed by atoms with E-state index < -0.39 is 0 Å². The third kappa shape index (κ3) is 12.2. The first-order chi connectivity index (χ1) is 51.4. The first-order valence-electron chi connectivity index (χ1n) is 51.4. The normalized spacial score (nSPS) is 61.4. The van der Waals surface area contributed by atoms with E-state index in [4.69, 9.17) is 0 Å². The van der Waals surface area contributed by atoms with Crippen LogP contribution in [0.25, 0.3) is 0 Å². The summed E-state index contributed by atoms with van der Waals surface area (Å²) < 4.78 is 0. The van der Waals surface area contributed by atoms with Gasteiger partial charge in [0.05, 0.1) is 0 Å². The van der Waals surface area contributed by atoms with Gasteiger partial charge >= 0.3 is 0 Å². The molecule has 0 nitrogen and oxygen atoms in total. The van der Waals surface area contributed by atoms with E-state index in [0.717, 1.165) is 185 Å². The van der Waals surface area contributed by atoms with Crippen molar-refractivity contribution in [3.05, 3.63) is 0 Å². The van der Waals surface area contributed by atoms with Crippen molar-refractivity contribution in [2.24, 2.45) is 185 Å². The zero-order chi connectivity index (χ0) is 77.7. The highest BCUT2D eigenvalue weighted by molar-refractivity contribution is 5.23. The average molecular weight is 1510 g/mol. The molecule has 0 aromatic rings. The first kappa shape index (κ1) is 81.0. The second-order valence-corrected chi connectivity index (χ2v) is 56.2. The maximum Gasteiger partial charge on any atom is -0.0235 e. The molecule has 0 aliphatic heterocycles. The van der Waals surface area contributed by atoms with Crippen LogP contribution in [0.2, 0.25) is 0 Å². The Bertz CT molecular complexity index is 3140. The maximum absolute atomic E-state index is 2.63. The molecule has 0 heteroatoms. The van der Waals surface area contributed by atoms with Gasteiger partial charge in [0.1, 0.15) is 0 Å². The fourth-order valence-corrected chi connectivity index (χ4v) is 41.3. The van der Waals surface area contributed by atoms with E-state index in [1.165, 1.54) is 167 Å². The molecule has 0 heterocycles. The molecule has 30 rings (SSSR count). The largest absolute Gasteiger partial charge is 0.0591 e. The molecule has 21 bridgehead atoms. The van der Waals surface area contributed by atoms with Crippen molar-refractivity contribution in [3.63, 3.8) is 0 Å². The van der Waals surface area contributed by atoms with E-state index in [-0.39, 0.29) is 0 Å². The highest BCUT2D eigenvalue weighted by Crippen LogP contribution is 2.83. The third-order valence-electron chi connectivity index (χ3n) is 51.1. The van der Waals surface area contributed by atoms with E-state index >= 15 is 0 Å². The summed E-state index contributed by atoms with van der Waals surface area (Å²) in [6, 6.07) is 0. The van der Waals surface area contributed by atoms with Crippen LogP contribution in [0.5, 0.6) is 0 Å². The van der Waals surface area contributed by atoms with Gasteiger partial charge in [-0.05, 0) is 474 Å². The van der Waals surface area contributed by atoms with Crippen LogP contribution in [0, 0.1) is 185 Å². The highest BCUT2D eigenvalue weighted by Gasteiger charge is 2.74. The van der Waals surface area contributed by atoms with Gasteiger partial charge in [-0.2, -0.15) is 0 Å². The van der Waals surface area contributed by atoms with Gasteiger partial charge < -0.3 is 0 Å². The Morgan fingerprint density at radius 3 is 0.818 bits per heavy atom. The van der Waals surface area contributed by atoms with E-state index in [9.17, 15) is 0 Å². The predicted molar refractivity (Wildman–Crippen MR) is 470 cm³/mol. The lowest BCUT2D eigenvalue weighted by atomic mass is 9.39. The lowest BCUT2D eigenvalue weighted by molar-refractivity contribution is -0.150. The van der Waals surface area contributed by atoms with Crippen LogP contribution in [-0.2, 0) is 0 Å². The summed E-state index contributed by atoms with van der Waals surface area (Å²) >= 11 is 0. The summed E-state index contributed by atoms with van der Waals surface area (Å²) in [5, 5.41) is 0. The number of hydrogen-bond acceptors (Lipinski definition) is 0. The minimum absolute atomic E-state index is 0.727. The predicted octanol–water partition coefficient (Wildman–Crippen LogP) is 34.0. The van der Waals surface area contributed by atoms with Crippen LogP contribution >= 0.6 is 0 Å². The van der Waals surface area contributed by atoms with Crippen LogP contribution < -0.4 is 0 Å². The van der Waals surface area contributed by atoms with Gasteiger partial charge in [-0.15, -0.1) is 0 Å². The zero-order valence-corrected chi connectivity index (χ0v) is 77.7. The molecule has 30 aliphatic rings. The summed E-state index contributed by atoms with van der Waals surface area (Å²) in [5.74, 6) is 13.4. The standard InChI is InChI=1S/C13H20.C13H22.2C12H20.2C11H18.C11H20.C10H18.C9H16.C8H14/c1-12-6-8-3-4-10(12)9-5-11(8)13(12,2)7-9;1-12-6-10-4-3-5-11(7-12)9-13(12,2)8-10;1-11-5-9-3-4-10(6-11)8-12(11,2)7-9;1-11-6-5-10-4-3-9(7-11)8-12(10,11)2;1-10-4-8-3-9(5-10)7-11(10,2)6-8;1-9-3-5-11(7-9)6-4-10(9,2)8-11;1-10-6-3-4-7-11(10,2)9-5-8-10;1-9-5-3-7-10(9,2)8-4-6-9;1-8-4-3-5-9(8,2)7-6-8;1-7-3-5-8(7,2)6-4-7/h8-11H,3-7H2,1-2H3;10-11H,3-9H2,1-2H3;2*9-10H,3-8H2,1-2H3;8-9H,3-7H2,1-2H3;3-8H2,1-2H3;3-9H2,1-2H3;3-8H2,1-2H3;3-7H2,1-2H3;3-6H2,1-2H3/t8?,9?,10?,11?,12-,13+;;;9?,10?,11-,12+;;9-,10+,11?;10-,11-;;8-,9-;/m0..1..1.1./s1. The van der Waals surface area contributed by atoms with Crippen molar-refractivity contribution in [1.29, 1.82) is 0 Å². The molecule has 0 amide bonds. The topological polar surface area (TPSA) is 0 Å². The molecule has 0 N–H and O–H groups in total. The van der Waals surface area contributed by atoms with Crippen molar-refractivity contribution in [2.75, 3.05) is 0 Å². The van der Waals surface area contributed by atoms with Gasteiger partial charge in [-0.3, -0.25) is 0 Å². The van der Waals surface area contributed by atoms with E-state index in [1.807, 2.05) is 0 Å². The Morgan fingerprint density at radius 2 is 0.464 bits per heavy atom. The summed E-state index contributed by atoms with van der Waals surface area (Å²) in [6.07, 6.45) is 87.5. The molecule has 7 unspecified atom stereocenters. The molecule has 1 spiro atoms. The molecule has 30 aliphatic carbocycles. The molecule has 30 saturated carbocycles. The molecule has 0 aromatic heterocycles. The van der Waals surface area contributed by atoms with Crippen molar-refractivity contribution in [3.8, 4) is 0 Å². The van der Waals surface area contributed by atoms with Crippen LogP contribution in [0.15, 0.2) is 0 Å². The molecule has 626 valence electrons. The summed E-state index contributed by atoms with van der Waals surface area (Å²) in [7, 11) is 0. The lowest BCUT2D eigenvalue weighted by Crippen LogP contribution is -2.55. The average Bonchev–Trinajstić information content (AvgIpc) is 1.49. The van der Waals surface area contributed by atoms with Gasteiger partial charge in [-0.1, -0.05) is 216 Å². The molecular weight excluding hydrogens is 1320 g/mol. The smallest absolute Gasteiger partial charge is 0.0235 e. The van der Waals surface area contributed by atoms with Gasteiger partial charge in [0.2, 0.25) is 0 Å². The molecule has 0 radical (unpaired) electrons. The minimum Gasteiger partial charge on any atom is -0.0591 e. The first-order valence-corrected chi connectivity index (χ1v) is 51.4. The molecule has 30 fully saturated rings. The van der Waals surface area contributed by atoms with Crippen molar-refractivity contribution < 1.29 is 0 Å². The van der Waals surface area contributed by atoms with Gasteiger partial charge in [0, 0.05) is 0 Å². The van der Waals surface area contributed by atoms with Crippen LogP contribution in [0.3, 0.4) is 0 Å². The highest BCUT2D eigenvalue weighted by atomic mass is 14.8. The monoisotopic (exact) mass is 1510 g/mol. The molecule has 17 atom stereocenters. The SMILES string of the molecule is CC12CC3CC(C1)CC2(C)C3.CC12CC3CCC(C1)CC2(C)C3.CC12CC3CCCC(C1)CC2(C)C3.CC12CCC1(C)CC2.CC12CCCC1(C)CCC2.C[C@@]12CCC3(CC[C@]1(C)C3)C2.C[C@@]12CCC3CCC(C1)C[C@@]32C.C[C@]12CC3CCC1C1CC3[C@@]2(C)C1.C[C@]12CCCC[C@]1(C)CCC2.C[C@]12CCC[C@]1(C)CC2. The fraction of sp³-hybridized carbons (Fsp3) is 1.00. The molecule has 0 aromatic carbocycles. The van der Waals surface area contributed by atoms with Crippen LogP contribution in [0.4, 0.5) is 0 Å².